The molecular formula is C17H26N2O. The van der Waals surface area contributed by atoms with Gasteiger partial charge in [0.25, 0.3) is 0 Å². The molecule has 1 aromatic rings. The van der Waals surface area contributed by atoms with Gasteiger partial charge in [0.1, 0.15) is 0 Å². The van der Waals surface area contributed by atoms with Crippen LogP contribution in [0.2, 0.25) is 0 Å². The second-order valence-electron chi connectivity index (χ2n) is 5.81. The van der Waals surface area contributed by atoms with Gasteiger partial charge in [0, 0.05) is 11.7 Å². The normalized spacial score (nSPS) is 16.4. The van der Waals surface area contributed by atoms with Crippen molar-refractivity contribution in [2.45, 2.75) is 51.5 Å². The standard InChI is InChI=1S/C17H26N2O/c1-3-14-8-7-9-15(12-14)18-17(20)13-19(2)16-10-5-4-6-11-16/h7-9,12,16H,3-6,10-11,13H2,1-2H3,(H,18,20). The lowest BCUT2D eigenvalue weighted by Gasteiger charge is -2.30. The number of amides is 1. The minimum atomic E-state index is 0.0892. The van der Waals surface area contributed by atoms with E-state index in [1.54, 1.807) is 0 Å². The fourth-order valence-electron chi connectivity index (χ4n) is 2.95. The van der Waals surface area contributed by atoms with Crippen molar-refractivity contribution in [1.29, 1.82) is 0 Å². The zero-order chi connectivity index (χ0) is 14.4. The molecule has 3 nitrogen and oxygen atoms in total. The molecule has 1 fully saturated rings. The van der Waals surface area contributed by atoms with Crippen LogP contribution in [0.1, 0.15) is 44.6 Å². The molecule has 0 bridgehead atoms. The van der Waals surface area contributed by atoms with Gasteiger partial charge >= 0.3 is 0 Å². The molecule has 2 rings (SSSR count). The van der Waals surface area contributed by atoms with Gasteiger partial charge in [-0.3, -0.25) is 9.69 Å². The van der Waals surface area contributed by atoms with E-state index in [2.05, 4.69) is 36.3 Å². The van der Waals surface area contributed by atoms with Crippen LogP contribution >= 0.6 is 0 Å². The Kier molecular flexibility index (Phi) is 5.60. The van der Waals surface area contributed by atoms with Crippen LogP contribution in [0.3, 0.4) is 0 Å². The van der Waals surface area contributed by atoms with E-state index < -0.39 is 0 Å². The van der Waals surface area contributed by atoms with Crippen molar-refractivity contribution >= 4 is 11.6 Å². The second kappa shape index (κ2) is 7.44. The van der Waals surface area contributed by atoms with Gasteiger partial charge < -0.3 is 5.32 Å². The molecule has 0 aliphatic heterocycles. The van der Waals surface area contributed by atoms with E-state index in [0.29, 0.717) is 12.6 Å². The molecule has 0 unspecified atom stereocenters. The fourth-order valence-corrected chi connectivity index (χ4v) is 2.95. The van der Waals surface area contributed by atoms with Gasteiger partial charge in [-0.15, -0.1) is 0 Å². The summed E-state index contributed by atoms with van der Waals surface area (Å²) in [4.78, 5) is 14.3. The number of aryl methyl sites for hydroxylation is 1. The van der Waals surface area contributed by atoms with E-state index in [1.165, 1.54) is 37.7 Å². The first-order chi connectivity index (χ1) is 9.69. The Labute approximate surface area is 122 Å². The van der Waals surface area contributed by atoms with Crippen molar-refractivity contribution in [3.8, 4) is 0 Å². The molecule has 0 heterocycles. The van der Waals surface area contributed by atoms with Crippen LogP contribution in [-0.2, 0) is 11.2 Å². The molecule has 1 aliphatic rings. The topological polar surface area (TPSA) is 32.3 Å². The van der Waals surface area contributed by atoms with Gasteiger partial charge in [0.2, 0.25) is 5.91 Å². The smallest absolute Gasteiger partial charge is 0.238 e. The summed E-state index contributed by atoms with van der Waals surface area (Å²) in [6.45, 7) is 2.61. The molecule has 0 spiro atoms. The maximum atomic E-state index is 12.1. The first-order valence-electron chi connectivity index (χ1n) is 7.78. The van der Waals surface area contributed by atoms with Crippen molar-refractivity contribution in [3.63, 3.8) is 0 Å². The molecule has 0 atom stereocenters. The Hall–Kier alpha value is -1.35. The number of anilines is 1. The van der Waals surface area contributed by atoms with Crippen LogP contribution in [0.4, 0.5) is 5.69 Å². The lowest BCUT2D eigenvalue weighted by atomic mass is 9.94. The number of hydrogen-bond acceptors (Lipinski definition) is 2. The van der Waals surface area contributed by atoms with Gasteiger partial charge in [-0.05, 0) is 44.0 Å². The summed E-state index contributed by atoms with van der Waals surface area (Å²) >= 11 is 0. The summed E-state index contributed by atoms with van der Waals surface area (Å²) in [5.41, 5.74) is 2.16. The lowest BCUT2D eigenvalue weighted by molar-refractivity contribution is -0.117. The average Bonchev–Trinajstić information content (AvgIpc) is 2.48. The van der Waals surface area contributed by atoms with E-state index >= 15 is 0 Å². The second-order valence-corrected chi connectivity index (χ2v) is 5.81. The highest BCUT2D eigenvalue weighted by atomic mass is 16.2. The van der Waals surface area contributed by atoms with E-state index in [0.717, 1.165) is 12.1 Å². The summed E-state index contributed by atoms with van der Waals surface area (Å²) in [7, 11) is 2.07. The van der Waals surface area contributed by atoms with Crippen LogP contribution in [0.15, 0.2) is 24.3 Å². The highest BCUT2D eigenvalue weighted by Crippen LogP contribution is 2.21. The predicted molar refractivity (Wildman–Crippen MR) is 84.0 cm³/mol. The van der Waals surface area contributed by atoms with Crippen molar-refractivity contribution in [1.82, 2.24) is 4.90 Å². The Balaban J connectivity index is 1.84. The molecule has 1 amide bonds. The monoisotopic (exact) mass is 274 g/mol. The van der Waals surface area contributed by atoms with Gasteiger partial charge in [-0.2, -0.15) is 0 Å². The van der Waals surface area contributed by atoms with Crippen LogP contribution in [0.25, 0.3) is 0 Å². The van der Waals surface area contributed by atoms with Gasteiger partial charge in [0.05, 0.1) is 6.54 Å². The highest BCUT2D eigenvalue weighted by molar-refractivity contribution is 5.92. The van der Waals surface area contributed by atoms with Crippen LogP contribution in [-0.4, -0.2) is 30.4 Å². The fraction of sp³-hybridized carbons (Fsp3) is 0.588. The Morgan fingerprint density at radius 2 is 2.05 bits per heavy atom. The van der Waals surface area contributed by atoms with Crippen molar-refractivity contribution in [2.24, 2.45) is 0 Å². The number of benzene rings is 1. The van der Waals surface area contributed by atoms with Crippen molar-refractivity contribution in [2.75, 3.05) is 18.9 Å². The van der Waals surface area contributed by atoms with E-state index in [4.69, 9.17) is 0 Å². The highest BCUT2D eigenvalue weighted by Gasteiger charge is 2.19. The van der Waals surface area contributed by atoms with Gasteiger partial charge in [0.15, 0.2) is 0 Å². The number of carbonyl (C=O) groups excluding carboxylic acids is 1. The number of likely N-dealkylation sites (N-methyl/N-ethyl adjacent to an activating group) is 1. The van der Waals surface area contributed by atoms with E-state index in [9.17, 15) is 4.79 Å². The summed E-state index contributed by atoms with van der Waals surface area (Å²) in [5.74, 6) is 0.0892. The van der Waals surface area contributed by atoms with Crippen molar-refractivity contribution in [3.05, 3.63) is 29.8 Å². The van der Waals surface area contributed by atoms with E-state index in [-0.39, 0.29) is 5.91 Å². The summed E-state index contributed by atoms with van der Waals surface area (Å²) in [6, 6.07) is 8.68. The molecular weight excluding hydrogens is 248 g/mol. The van der Waals surface area contributed by atoms with Crippen LogP contribution < -0.4 is 5.32 Å². The first-order valence-corrected chi connectivity index (χ1v) is 7.78. The summed E-state index contributed by atoms with van der Waals surface area (Å²) in [6.07, 6.45) is 7.40. The zero-order valence-electron chi connectivity index (χ0n) is 12.7. The average molecular weight is 274 g/mol. The predicted octanol–water partition coefficient (Wildman–Crippen LogP) is 3.45. The summed E-state index contributed by atoms with van der Waals surface area (Å²) in [5, 5.41) is 3.01. The third-order valence-corrected chi connectivity index (χ3v) is 4.21. The maximum Gasteiger partial charge on any atom is 0.238 e. The molecule has 20 heavy (non-hydrogen) atoms. The van der Waals surface area contributed by atoms with Gasteiger partial charge in [-0.25, -0.2) is 0 Å². The minimum Gasteiger partial charge on any atom is -0.325 e. The molecule has 1 aliphatic carbocycles. The molecule has 110 valence electrons. The molecule has 0 aromatic heterocycles. The largest absolute Gasteiger partial charge is 0.325 e. The molecule has 0 radical (unpaired) electrons. The maximum absolute atomic E-state index is 12.1. The number of hydrogen-bond donors (Lipinski definition) is 1. The lowest BCUT2D eigenvalue weighted by Crippen LogP contribution is -2.39. The Bertz CT molecular complexity index is 438. The number of nitrogens with one attached hydrogen (secondary N) is 1. The SMILES string of the molecule is CCc1cccc(NC(=O)CN(C)C2CCCCC2)c1. The van der Waals surface area contributed by atoms with Crippen LogP contribution in [0, 0.1) is 0 Å². The third-order valence-electron chi connectivity index (χ3n) is 4.21. The zero-order valence-corrected chi connectivity index (χ0v) is 12.7. The van der Waals surface area contributed by atoms with E-state index in [1.807, 2.05) is 12.1 Å². The van der Waals surface area contributed by atoms with Crippen molar-refractivity contribution < 1.29 is 4.79 Å². The van der Waals surface area contributed by atoms with Crippen LogP contribution in [0.5, 0.6) is 0 Å². The molecule has 1 N–H and O–H groups in total. The molecule has 3 heteroatoms. The molecule has 1 aromatic carbocycles. The number of nitrogens with zero attached hydrogens (tertiary/aromatic N) is 1. The third kappa shape index (κ3) is 4.34. The molecule has 0 saturated heterocycles. The molecule has 1 saturated carbocycles. The first kappa shape index (κ1) is 15.0. The number of rotatable bonds is 5. The summed E-state index contributed by atoms with van der Waals surface area (Å²) < 4.78 is 0. The number of carbonyl (C=O) groups is 1. The van der Waals surface area contributed by atoms with Gasteiger partial charge in [-0.1, -0.05) is 38.3 Å². The quantitative estimate of drug-likeness (QED) is 0.892. The minimum absolute atomic E-state index is 0.0892. The Morgan fingerprint density at radius 3 is 2.75 bits per heavy atom. The Morgan fingerprint density at radius 1 is 1.30 bits per heavy atom.